The smallest absolute Gasteiger partial charge is 0.107 e. The molecule has 3 heteroatoms. The summed E-state index contributed by atoms with van der Waals surface area (Å²) in [5.41, 5.74) is 2.26. The van der Waals surface area contributed by atoms with Gasteiger partial charge in [-0.2, -0.15) is 0 Å². The molecule has 1 fully saturated rings. The van der Waals surface area contributed by atoms with E-state index < -0.39 is 0 Å². The third kappa shape index (κ3) is 2.56. The van der Waals surface area contributed by atoms with Crippen LogP contribution in [0.4, 0.5) is 0 Å². The molecule has 1 aromatic carbocycles. The summed E-state index contributed by atoms with van der Waals surface area (Å²) < 4.78 is 0. The van der Waals surface area contributed by atoms with Gasteiger partial charge in [-0.3, -0.25) is 0 Å². The van der Waals surface area contributed by atoms with Gasteiger partial charge >= 0.3 is 0 Å². The van der Waals surface area contributed by atoms with Crippen LogP contribution in [0.15, 0.2) is 24.3 Å². The molecule has 18 heavy (non-hydrogen) atoms. The molecule has 0 radical (unpaired) electrons. The first-order valence-electron chi connectivity index (χ1n) is 6.93. The van der Waals surface area contributed by atoms with E-state index in [2.05, 4.69) is 40.1 Å². The van der Waals surface area contributed by atoms with Crippen molar-refractivity contribution in [2.45, 2.75) is 25.7 Å². The van der Waals surface area contributed by atoms with Gasteiger partial charge in [0.1, 0.15) is 5.82 Å². The van der Waals surface area contributed by atoms with Crippen LogP contribution in [0.2, 0.25) is 0 Å². The number of aromatic amines is 1. The molecule has 96 valence electrons. The van der Waals surface area contributed by atoms with Crippen LogP contribution in [0, 0.1) is 5.92 Å². The fourth-order valence-electron chi connectivity index (χ4n) is 2.82. The molecule has 2 aromatic rings. The second-order valence-corrected chi connectivity index (χ2v) is 5.49. The molecule has 3 rings (SSSR count). The standard InChI is InChI=1S/C15H21N3/c1-18-10-8-12(9-11-18)6-7-15-16-13-4-2-3-5-14(13)17-15/h2-5,12H,6-11H2,1H3,(H,16,17). The predicted octanol–water partition coefficient (Wildman–Crippen LogP) is 2.84. The molecule has 0 unspecified atom stereocenters. The quantitative estimate of drug-likeness (QED) is 0.899. The molecule has 0 atom stereocenters. The Labute approximate surface area is 108 Å². The van der Waals surface area contributed by atoms with Crippen molar-refractivity contribution in [3.63, 3.8) is 0 Å². The van der Waals surface area contributed by atoms with Crippen molar-refractivity contribution >= 4 is 11.0 Å². The predicted molar refractivity (Wildman–Crippen MR) is 74.6 cm³/mol. The van der Waals surface area contributed by atoms with Crippen LogP contribution < -0.4 is 0 Å². The van der Waals surface area contributed by atoms with E-state index in [1.54, 1.807) is 0 Å². The van der Waals surface area contributed by atoms with Crippen LogP contribution in [-0.2, 0) is 6.42 Å². The van der Waals surface area contributed by atoms with E-state index in [-0.39, 0.29) is 0 Å². The van der Waals surface area contributed by atoms with Crippen LogP contribution in [0.3, 0.4) is 0 Å². The minimum Gasteiger partial charge on any atom is -0.342 e. The molecule has 0 aliphatic carbocycles. The molecule has 0 bridgehead atoms. The Morgan fingerprint density at radius 1 is 1.28 bits per heavy atom. The molecule has 1 aliphatic rings. The number of aryl methyl sites for hydroxylation is 1. The van der Waals surface area contributed by atoms with Crippen molar-refractivity contribution in [2.24, 2.45) is 5.92 Å². The molecule has 1 aromatic heterocycles. The summed E-state index contributed by atoms with van der Waals surface area (Å²) >= 11 is 0. The Morgan fingerprint density at radius 3 is 2.83 bits per heavy atom. The van der Waals surface area contributed by atoms with Crippen LogP contribution in [-0.4, -0.2) is 35.0 Å². The lowest BCUT2D eigenvalue weighted by Gasteiger charge is -2.28. The zero-order chi connectivity index (χ0) is 12.4. The zero-order valence-corrected chi connectivity index (χ0v) is 11.0. The monoisotopic (exact) mass is 243 g/mol. The van der Waals surface area contributed by atoms with Crippen molar-refractivity contribution in [1.29, 1.82) is 0 Å². The average Bonchev–Trinajstić information content (AvgIpc) is 2.81. The summed E-state index contributed by atoms with van der Waals surface area (Å²) in [5, 5.41) is 0. The van der Waals surface area contributed by atoms with E-state index in [0.29, 0.717) is 0 Å². The number of fused-ring (bicyclic) bond motifs is 1. The minimum absolute atomic E-state index is 0.884. The highest BCUT2D eigenvalue weighted by Crippen LogP contribution is 2.21. The van der Waals surface area contributed by atoms with Crippen LogP contribution in [0.25, 0.3) is 11.0 Å². The number of para-hydroxylation sites is 2. The molecule has 1 aliphatic heterocycles. The third-order valence-electron chi connectivity index (χ3n) is 4.07. The van der Waals surface area contributed by atoms with Gasteiger partial charge in [0.15, 0.2) is 0 Å². The fraction of sp³-hybridized carbons (Fsp3) is 0.533. The fourth-order valence-corrected chi connectivity index (χ4v) is 2.82. The van der Waals surface area contributed by atoms with Gasteiger partial charge in [-0.1, -0.05) is 12.1 Å². The van der Waals surface area contributed by atoms with Crippen molar-refractivity contribution < 1.29 is 0 Å². The average molecular weight is 243 g/mol. The van der Waals surface area contributed by atoms with E-state index in [0.717, 1.165) is 29.2 Å². The Morgan fingerprint density at radius 2 is 2.06 bits per heavy atom. The lowest BCUT2D eigenvalue weighted by Crippen LogP contribution is -2.30. The van der Waals surface area contributed by atoms with Crippen LogP contribution in [0.5, 0.6) is 0 Å². The van der Waals surface area contributed by atoms with Gasteiger partial charge in [-0.25, -0.2) is 4.98 Å². The molecule has 0 saturated carbocycles. The summed E-state index contributed by atoms with van der Waals surface area (Å²) in [6.45, 7) is 2.51. The molecule has 1 N–H and O–H groups in total. The lowest BCUT2D eigenvalue weighted by molar-refractivity contribution is 0.212. The Balaban J connectivity index is 1.59. The molecule has 0 amide bonds. The number of H-pyrrole nitrogens is 1. The summed E-state index contributed by atoms with van der Waals surface area (Å²) in [6, 6.07) is 8.28. The van der Waals surface area contributed by atoms with Crippen molar-refractivity contribution in [3.8, 4) is 0 Å². The number of nitrogens with one attached hydrogen (secondary N) is 1. The number of likely N-dealkylation sites (tertiary alicyclic amines) is 1. The highest BCUT2D eigenvalue weighted by atomic mass is 15.1. The summed E-state index contributed by atoms with van der Waals surface area (Å²) in [5.74, 6) is 2.03. The Bertz CT molecular complexity index is 476. The van der Waals surface area contributed by atoms with Crippen LogP contribution in [0.1, 0.15) is 25.1 Å². The normalized spacial score (nSPS) is 18.5. The first-order valence-corrected chi connectivity index (χ1v) is 6.93. The highest BCUT2D eigenvalue weighted by molar-refractivity contribution is 5.74. The molecule has 2 heterocycles. The molecule has 0 spiro atoms. The first-order chi connectivity index (χ1) is 8.81. The number of hydrogen-bond acceptors (Lipinski definition) is 2. The Hall–Kier alpha value is -1.35. The van der Waals surface area contributed by atoms with Crippen LogP contribution >= 0.6 is 0 Å². The van der Waals surface area contributed by atoms with Gasteiger partial charge in [-0.15, -0.1) is 0 Å². The van der Waals surface area contributed by atoms with E-state index in [1.807, 2.05) is 6.07 Å². The zero-order valence-electron chi connectivity index (χ0n) is 11.0. The SMILES string of the molecule is CN1CCC(CCc2nc3ccccc3[nH]2)CC1. The molecular formula is C15H21N3. The number of hydrogen-bond donors (Lipinski definition) is 1. The number of aromatic nitrogens is 2. The second kappa shape index (κ2) is 5.11. The van der Waals surface area contributed by atoms with Gasteiger partial charge in [-0.05, 0) is 57.5 Å². The largest absolute Gasteiger partial charge is 0.342 e. The van der Waals surface area contributed by atoms with E-state index in [4.69, 9.17) is 0 Å². The van der Waals surface area contributed by atoms with E-state index >= 15 is 0 Å². The van der Waals surface area contributed by atoms with Gasteiger partial charge in [0.25, 0.3) is 0 Å². The van der Waals surface area contributed by atoms with Gasteiger partial charge in [0.2, 0.25) is 0 Å². The summed E-state index contributed by atoms with van der Waals surface area (Å²) in [6.07, 6.45) is 5.05. The topological polar surface area (TPSA) is 31.9 Å². The molecule has 3 nitrogen and oxygen atoms in total. The maximum Gasteiger partial charge on any atom is 0.107 e. The third-order valence-corrected chi connectivity index (χ3v) is 4.07. The van der Waals surface area contributed by atoms with Crippen molar-refractivity contribution in [2.75, 3.05) is 20.1 Å². The van der Waals surface area contributed by atoms with Gasteiger partial charge in [0, 0.05) is 6.42 Å². The number of benzene rings is 1. The van der Waals surface area contributed by atoms with E-state index in [9.17, 15) is 0 Å². The highest BCUT2D eigenvalue weighted by Gasteiger charge is 2.16. The maximum absolute atomic E-state index is 4.65. The van der Waals surface area contributed by atoms with Gasteiger partial charge < -0.3 is 9.88 Å². The second-order valence-electron chi connectivity index (χ2n) is 5.49. The Kier molecular flexibility index (Phi) is 3.33. The maximum atomic E-state index is 4.65. The lowest BCUT2D eigenvalue weighted by atomic mass is 9.92. The summed E-state index contributed by atoms with van der Waals surface area (Å²) in [7, 11) is 2.22. The number of imidazole rings is 1. The number of nitrogens with zero attached hydrogens (tertiary/aromatic N) is 2. The first kappa shape index (κ1) is 11.7. The van der Waals surface area contributed by atoms with E-state index in [1.165, 1.54) is 32.4 Å². The van der Waals surface area contributed by atoms with Gasteiger partial charge in [0.05, 0.1) is 11.0 Å². The molecule has 1 saturated heterocycles. The number of piperidine rings is 1. The summed E-state index contributed by atoms with van der Waals surface area (Å²) in [4.78, 5) is 10.5. The van der Waals surface area contributed by atoms with Crippen molar-refractivity contribution in [3.05, 3.63) is 30.1 Å². The number of rotatable bonds is 3. The minimum atomic E-state index is 0.884. The molecular weight excluding hydrogens is 222 g/mol. The van der Waals surface area contributed by atoms with Crippen molar-refractivity contribution in [1.82, 2.24) is 14.9 Å².